The van der Waals surface area contributed by atoms with Crippen LogP contribution in [0.15, 0.2) is 65.1 Å². The number of hydrogen-bond acceptors (Lipinski definition) is 4. The molecule has 1 amide bonds. The van der Waals surface area contributed by atoms with Crippen LogP contribution in [0, 0.1) is 0 Å². The van der Waals surface area contributed by atoms with Crippen LogP contribution in [0.25, 0.3) is 10.8 Å². The molecule has 0 saturated carbocycles. The molecular weight excluding hydrogens is 398 g/mol. The quantitative estimate of drug-likeness (QED) is 0.483. The fraction of sp³-hybridized carbons (Fsp3) is 0.100. The summed E-state index contributed by atoms with van der Waals surface area (Å²) in [7, 11) is 0. The number of carbonyl (C=O) groups excluding carboxylic acids is 2. The van der Waals surface area contributed by atoms with Gasteiger partial charge in [0.1, 0.15) is 18.0 Å². The summed E-state index contributed by atoms with van der Waals surface area (Å²) in [5, 5.41) is 2.00. The number of halogens is 1. The van der Waals surface area contributed by atoms with Gasteiger partial charge in [-0.2, -0.15) is 0 Å². The molecule has 0 fully saturated rings. The molecule has 5 nitrogen and oxygen atoms in total. The minimum absolute atomic E-state index is 0.0881. The fourth-order valence-electron chi connectivity index (χ4n) is 2.88. The van der Waals surface area contributed by atoms with E-state index < -0.39 is 5.97 Å². The molecule has 1 aliphatic heterocycles. The molecule has 0 saturated heterocycles. The Morgan fingerprint density at radius 3 is 2.73 bits per heavy atom. The van der Waals surface area contributed by atoms with E-state index in [1.807, 2.05) is 30.3 Å². The fourth-order valence-corrected chi connectivity index (χ4v) is 3.26. The van der Waals surface area contributed by atoms with Gasteiger partial charge in [0.25, 0.3) is 5.91 Å². The number of benzene rings is 3. The van der Waals surface area contributed by atoms with Crippen molar-refractivity contribution < 1.29 is 19.1 Å². The van der Waals surface area contributed by atoms with Crippen LogP contribution in [0.3, 0.4) is 0 Å². The summed E-state index contributed by atoms with van der Waals surface area (Å²) < 4.78 is 11.8. The molecule has 0 aliphatic carbocycles. The van der Waals surface area contributed by atoms with Crippen LogP contribution < -0.4 is 14.4 Å². The standard InChI is InChI=1S/C20H14BrNO4/c21-15-7-5-14-10-16(8-6-13(14)9-15)26-20(24)11-22-17-3-1-2-4-18(17)25-12-19(22)23/h1-10H,11-12H2. The monoisotopic (exact) mass is 411 g/mol. The Morgan fingerprint density at radius 1 is 1.08 bits per heavy atom. The largest absolute Gasteiger partial charge is 0.482 e. The molecule has 0 atom stereocenters. The third-order valence-corrected chi connectivity index (χ3v) is 4.59. The second kappa shape index (κ2) is 6.80. The first kappa shape index (κ1) is 16.6. The van der Waals surface area contributed by atoms with Gasteiger partial charge >= 0.3 is 5.97 Å². The highest BCUT2D eigenvalue weighted by molar-refractivity contribution is 9.10. The molecule has 0 bridgehead atoms. The lowest BCUT2D eigenvalue weighted by Crippen LogP contribution is -2.43. The normalized spacial score (nSPS) is 13.3. The average molecular weight is 412 g/mol. The van der Waals surface area contributed by atoms with Crippen LogP contribution in [0.5, 0.6) is 11.5 Å². The maximum atomic E-state index is 12.4. The molecule has 6 heteroatoms. The summed E-state index contributed by atoms with van der Waals surface area (Å²) in [6.07, 6.45) is 0. The minimum Gasteiger partial charge on any atom is -0.482 e. The first-order valence-electron chi connectivity index (χ1n) is 8.02. The molecular formula is C20H14BrNO4. The van der Waals surface area contributed by atoms with E-state index in [9.17, 15) is 9.59 Å². The van der Waals surface area contributed by atoms with Gasteiger partial charge in [0, 0.05) is 4.47 Å². The van der Waals surface area contributed by atoms with Gasteiger partial charge in [0.05, 0.1) is 5.69 Å². The zero-order valence-corrected chi connectivity index (χ0v) is 15.2. The van der Waals surface area contributed by atoms with Gasteiger partial charge in [-0.3, -0.25) is 9.69 Å². The second-order valence-electron chi connectivity index (χ2n) is 5.86. The van der Waals surface area contributed by atoms with Gasteiger partial charge in [-0.05, 0) is 47.2 Å². The van der Waals surface area contributed by atoms with E-state index in [2.05, 4.69) is 15.9 Å². The molecule has 0 radical (unpaired) electrons. The first-order valence-corrected chi connectivity index (χ1v) is 8.82. The molecule has 1 aliphatic rings. The van der Waals surface area contributed by atoms with Crippen molar-refractivity contribution in [2.75, 3.05) is 18.1 Å². The van der Waals surface area contributed by atoms with E-state index in [0.717, 1.165) is 15.2 Å². The third kappa shape index (κ3) is 3.28. The van der Waals surface area contributed by atoms with E-state index in [1.165, 1.54) is 4.90 Å². The Hall–Kier alpha value is -2.86. The second-order valence-corrected chi connectivity index (χ2v) is 6.78. The van der Waals surface area contributed by atoms with Gasteiger partial charge in [0.2, 0.25) is 0 Å². The van der Waals surface area contributed by atoms with Crippen LogP contribution in [-0.4, -0.2) is 25.0 Å². The number of rotatable bonds is 3. The van der Waals surface area contributed by atoms with Crippen molar-refractivity contribution in [1.29, 1.82) is 0 Å². The van der Waals surface area contributed by atoms with E-state index >= 15 is 0 Å². The van der Waals surface area contributed by atoms with E-state index in [-0.39, 0.29) is 19.1 Å². The van der Waals surface area contributed by atoms with Gasteiger partial charge in [0.15, 0.2) is 6.61 Å². The lowest BCUT2D eigenvalue weighted by molar-refractivity contribution is -0.134. The summed E-state index contributed by atoms with van der Waals surface area (Å²) >= 11 is 3.43. The van der Waals surface area contributed by atoms with Crippen molar-refractivity contribution >= 4 is 44.3 Å². The van der Waals surface area contributed by atoms with Crippen LogP contribution in [0.2, 0.25) is 0 Å². The topological polar surface area (TPSA) is 55.8 Å². The van der Waals surface area contributed by atoms with Crippen molar-refractivity contribution in [1.82, 2.24) is 0 Å². The number of ether oxygens (including phenoxy) is 2. The zero-order valence-electron chi connectivity index (χ0n) is 13.6. The number of anilines is 1. The van der Waals surface area contributed by atoms with Gasteiger partial charge in [-0.1, -0.05) is 40.2 Å². The van der Waals surface area contributed by atoms with Crippen LogP contribution in [-0.2, 0) is 9.59 Å². The maximum Gasteiger partial charge on any atom is 0.331 e. The number of esters is 1. The third-order valence-electron chi connectivity index (χ3n) is 4.10. The van der Waals surface area contributed by atoms with Crippen molar-refractivity contribution in [2.24, 2.45) is 0 Å². The van der Waals surface area contributed by atoms with Gasteiger partial charge in [-0.25, -0.2) is 4.79 Å². The van der Waals surface area contributed by atoms with E-state index in [1.54, 1.807) is 30.3 Å². The van der Waals surface area contributed by atoms with Gasteiger partial charge in [-0.15, -0.1) is 0 Å². The van der Waals surface area contributed by atoms with Crippen molar-refractivity contribution in [2.45, 2.75) is 0 Å². The van der Waals surface area contributed by atoms with E-state index in [4.69, 9.17) is 9.47 Å². The smallest absolute Gasteiger partial charge is 0.331 e. The Labute approximate surface area is 158 Å². The number of carbonyl (C=O) groups is 2. The number of hydrogen-bond donors (Lipinski definition) is 0. The Bertz CT molecular complexity index is 1020. The Kier molecular flexibility index (Phi) is 4.34. The molecule has 1 heterocycles. The summed E-state index contributed by atoms with van der Waals surface area (Å²) in [6.45, 7) is -0.257. The summed E-state index contributed by atoms with van der Waals surface area (Å²) in [6, 6.07) is 18.4. The minimum atomic E-state index is -0.508. The Morgan fingerprint density at radius 2 is 1.85 bits per heavy atom. The van der Waals surface area contributed by atoms with Crippen molar-refractivity contribution in [3.8, 4) is 11.5 Å². The first-order chi connectivity index (χ1) is 12.6. The lowest BCUT2D eigenvalue weighted by Gasteiger charge is -2.28. The Balaban J connectivity index is 1.52. The average Bonchev–Trinajstić information content (AvgIpc) is 2.64. The molecule has 0 unspecified atom stereocenters. The maximum absolute atomic E-state index is 12.4. The predicted octanol–water partition coefficient (Wildman–Crippen LogP) is 3.93. The van der Waals surface area contributed by atoms with Crippen molar-refractivity contribution in [3.63, 3.8) is 0 Å². The summed E-state index contributed by atoms with van der Waals surface area (Å²) in [5.41, 5.74) is 0.573. The molecule has 3 aromatic carbocycles. The predicted molar refractivity (Wildman–Crippen MR) is 102 cm³/mol. The SMILES string of the molecule is O=C(CN1C(=O)COc2ccccc21)Oc1ccc2cc(Br)ccc2c1. The molecule has 0 spiro atoms. The number of nitrogens with zero attached hydrogens (tertiary/aromatic N) is 1. The number of fused-ring (bicyclic) bond motifs is 2. The van der Waals surface area contributed by atoms with Gasteiger partial charge < -0.3 is 9.47 Å². The molecule has 26 heavy (non-hydrogen) atoms. The molecule has 0 N–H and O–H groups in total. The molecule has 0 aromatic heterocycles. The van der Waals surface area contributed by atoms with Crippen LogP contribution in [0.4, 0.5) is 5.69 Å². The number of amides is 1. The summed E-state index contributed by atoms with van der Waals surface area (Å²) in [5.74, 6) is 0.241. The number of para-hydroxylation sites is 2. The van der Waals surface area contributed by atoms with Crippen molar-refractivity contribution in [3.05, 3.63) is 65.1 Å². The molecule has 4 rings (SSSR count). The highest BCUT2D eigenvalue weighted by Crippen LogP contribution is 2.31. The van der Waals surface area contributed by atoms with Crippen LogP contribution >= 0.6 is 15.9 Å². The summed E-state index contributed by atoms with van der Waals surface area (Å²) in [4.78, 5) is 25.9. The zero-order chi connectivity index (χ0) is 18.1. The molecule has 130 valence electrons. The van der Waals surface area contributed by atoms with E-state index in [0.29, 0.717) is 17.2 Å². The van der Waals surface area contributed by atoms with Crippen LogP contribution in [0.1, 0.15) is 0 Å². The highest BCUT2D eigenvalue weighted by atomic mass is 79.9. The lowest BCUT2D eigenvalue weighted by atomic mass is 10.1. The molecule has 3 aromatic rings. The highest BCUT2D eigenvalue weighted by Gasteiger charge is 2.27.